The van der Waals surface area contributed by atoms with E-state index in [2.05, 4.69) is 55.2 Å². The predicted octanol–water partition coefficient (Wildman–Crippen LogP) is 5.66. The van der Waals surface area contributed by atoms with Crippen molar-refractivity contribution in [1.29, 1.82) is 0 Å². The molecule has 0 N–H and O–H groups in total. The molecule has 2 aromatic carbocycles. The first-order valence-electron chi connectivity index (χ1n) is 9.15. The third-order valence-corrected chi connectivity index (χ3v) is 4.83. The van der Waals surface area contributed by atoms with Gasteiger partial charge in [0, 0.05) is 25.2 Å². The molecule has 1 aliphatic heterocycles. The lowest BCUT2D eigenvalue weighted by Crippen LogP contribution is -2.28. The summed E-state index contributed by atoms with van der Waals surface area (Å²) < 4.78 is 14.3. The van der Waals surface area contributed by atoms with Crippen LogP contribution in [0, 0.1) is 11.7 Å². The Hall–Kier alpha value is -1.93. The third kappa shape index (κ3) is 5.02. The average Bonchev–Trinajstić information content (AvgIpc) is 2.63. The summed E-state index contributed by atoms with van der Waals surface area (Å²) in [5.41, 5.74) is 4.51. The first-order chi connectivity index (χ1) is 12.1. The molecule has 25 heavy (non-hydrogen) atoms. The predicted molar refractivity (Wildman–Crippen MR) is 104 cm³/mol. The molecule has 0 fully saturated rings. The minimum absolute atomic E-state index is 0.0938. The van der Waals surface area contributed by atoms with Crippen molar-refractivity contribution in [2.45, 2.75) is 39.7 Å². The van der Waals surface area contributed by atoms with E-state index in [-0.39, 0.29) is 5.82 Å². The molecule has 2 heteroatoms. The molecule has 0 saturated carbocycles. The first kappa shape index (κ1) is 17.9. The van der Waals surface area contributed by atoms with Crippen molar-refractivity contribution in [3.05, 3.63) is 83.0 Å². The summed E-state index contributed by atoms with van der Waals surface area (Å²) in [4.78, 5) is 2.41. The number of hydrogen-bond acceptors (Lipinski definition) is 1. The molecule has 1 nitrogen and oxygen atoms in total. The van der Waals surface area contributed by atoms with Gasteiger partial charge in [0.25, 0.3) is 0 Å². The standard InChI is InChI=1S/C23H27FN/c1-18(2)8-9-19-10-11-23(24)22(16-19)21-12-14-25(15-13-21)17-20-6-4-3-5-7-20/h3-7,10-12,16H,8-9,13-15,17H2,1-2H3. The molecule has 1 heterocycles. The van der Waals surface area contributed by atoms with E-state index in [9.17, 15) is 4.39 Å². The molecule has 3 rings (SSSR count). The minimum atomic E-state index is -0.0938. The molecule has 0 bridgehead atoms. The highest BCUT2D eigenvalue weighted by Gasteiger charge is 2.16. The van der Waals surface area contributed by atoms with Crippen molar-refractivity contribution >= 4 is 5.57 Å². The maximum atomic E-state index is 14.3. The van der Waals surface area contributed by atoms with Crippen LogP contribution in [-0.4, -0.2) is 18.0 Å². The molecule has 1 aliphatic rings. The molecule has 0 aliphatic carbocycles. The number of aryl methyl sites for hydroxylation is 1. The maximum absolute atomic E-state index is 14.3. The smallest absolute Gasteiger partial charge is 0.130 e. The van der Waals surface area contributed by atoms with Crippen molar-refractivity contribution in [3.8, 4) is 0 Å². The van der Waals surface area contributed by atoms with Gasteiger partial charge in [-0.3, -0.25) is 4.90 Å². The van der Waals surface area contributed by atoms with E-state index in [1.165, 1.54) is 17.0 Å². The summed E-state index contributed by atoms with van der Waals surface area (Å²) in [7, 11) is 0. The Bertz CT molecular complexity index is 718. The fourth-order valence-electron chi connectivity index (χ4n) is 3.31. The zero-order chi connectivity index (χ0) is 17.6. The van der Waals surface area contributed by atoms with Gasteiger partial charge in [0.15, 0.2) is 0 Å². The lowest BCUT2D eigenvalue weighted by atomic mass is 9.94. The lowest BCUT2D eigenvalue weighted by Gasteiger charge is -2.26. The molecule has 0 atom stereocenters. The van der Waals surface area contributed by atoms with Gasteiger partial charge in [-0.25, -0.2) is 4.39 Å². The van der Waals surface area contributed by atoms with Crippen LogP contribution in [-0.2, 0) is 13.0 Å². The molecule has 0 saturated heterocycles. The summed E-state index contributed by atoms with van der Waals surface area (Å²) in [6.07, 6.45) is 5.16. The molecule has 0 unspecified atom stereocenters. The Kier molecular flexibility index (Phi) is 6.04. The number of hydrogen-bond donors (Lipinski definition) is 0. The summed E-state index contributed by atoms with van der Waals surface area (Å²) in [5, 5.41) is 0. The van der Waals surface area contributed by atoms with Crippen LogP contribution in [0.5, 0.6) is 0 Å². The Morgan fingerprint density at radius 1 is 1.04 bits per heavy atom. The van der Waals surface area contributed by atoms with Gasteiger partial charge in [0.1, 0.15) is 5.82 Å². The summed E-state index contributed by atoms with van der Waals surface area (Å²) in [6.45, 7) is 7.12. The highest BCUT2D eigenvalue weighted by Crippen LogP contribution is 2.27. The second-order valence-corrected chi connectivity index (χ2v) is 7.22. The van der Waals surface area contributed by atoms with Gasteiger partial charge in [0.2, 0.25) is 0 Å². The van der Waals surface area contributed by atoms with E-state index in [1.807, 2.05) is 12.1 Å². The van der Waals surface area contributed by atoms with Crippen LogP contribution in [0.15, 0.2) is 54.6 Å². The van der Waals surface area contributed by atoms with Crippen molar-refractivity contribution in [2.75, 3.05) is 13.1 Å². The molecular weight excluding hydrogens is 309 g/mol. The first-order valence-corrected chi connectivity index (χ1v) is 9.15. The van der Waals surface area contributed by atoms with Crippen LogP contribution in [0.1, 0.15) is 43.4 Å². The van der Waals surface area contributed by atoms with E-state index in [1.54, 1.807) is 6.07 Å². The monoisotopic (exact) mass is 336 g/mol. The highest BCUT2D eigenvalue weighted by molar-refractivity contribution is 5.67. The largest absolute Gasteiger partial charge is 0.295 e. The number of nitrogens with zero attached hydrogens (tertiary/aromatic N) is 1. The van der Waals surface area contributed by atoms with Crippen LogP contribution < -0.4 is 0 Å². The van der Waals surface area contributed by atoms with Crippen LogP contribution >= 0.6 is 0 Å². The zero-order valence-electron chi connectivity index (χ0n) is 15.3. The Morgan fingerprint density at radius 3 is 2.52 bits per heavy atom. The highest BCUT2D eigenvalue weighted by atomic mass is 19.1. The van der Waals surface area contributed by atoms with E-state index in [0.29, 0.717) is 0 Å². The Morgan fingerprint density at radius 2 is 1.84 bits per heavy atom. The fourth-order valence-corrected chi connectivity index (χ4v) is 3.31. The van der Waals surface area contributed by atoms with Crippen molar-refractivity contribution in [3.63, 3.8) is 0 Å². The minimum Gasteiger partial charge on any atom is -0.295 e. The Labute approximate surface area is 151 Å². The van der Waals surface area contributed by atoms with Gasteiger partial charge < -0.3 is 0 Å². The zero-order valence-corrected chi connectivity index (χ0v) is 15.3. The fraction of sp³-hybridized carbons (Fsp3) is 0.348. The average molecular weight is 336 g/mol. The summed E-state index contributed by atoms with van der Waals surface area (Å²) in [5.74, 6) is 1.32. The normalized spacial score (nSPS) is 15.4. The second-order valence-electron chi connectivity index (χ2n) is 7.22. The topological polar surface area (TPSA) is 3.24 Å². The molecule has 0 aromatic heterocycles. The van der Waals surface area contributed by atoms with E-state index in [4.69, 9.17) is 0 Å². The van der Waals surface area contributed by atoms with Crippen LogP contribution in [0.4, 0.5) is 4.39 Å². The van der Waals surface area contributed by atoms with Gasteiger partial charge in [0.05, 0.1) is 0 Å². The van der Waals surface area contributed by atoms with Gasteiger partial charge >= 0.3 is 0 Å². The van der Waals surface area contributed by atoms with Gasteiger partial charge in [-0.2, -0.15) is 0 Å². The van der Waals surface area contributed by atoms with Crippen LogP contribution in [0.3, 0.4) is 0 Å². The van der Waals surface area contributed by atoms with Crippen LogP contribution in [0.2, 0.25) is 0 Å². The maximum Gasteiger partial charge on any atom is 0.130 e. The van der Waals surface area contributed by atoms with Gasteiger partial charge in [-0.05, 0) is 54.0 Å². The van der Waals surface area contributed by atoms with Crippen LogP contribution in [0.25, 0.3) is 5.57 Å². The molecule has 2 aromatic rings. The van der Waals surface area contributed by atoms with E-state index >= 15 is 0 Å². The third-order valence-electron chi connectivity index (χ3n) is 4.83. The molecular formula is C23H27FN. The van der Waals surface area contributed by atoms with Gasteiger partial charge in [-0.15, -0.1) is 0 Å². The van der Waals surface area contributed by atoms with E-state index in [0.717, 1.165) is 50.0 Å². The van der Waals surface area contributed by atoms with E-state index < -0.39 is 0 Å². The van der Waals surface area contributed by atoms with Crippen molar-refractivity contribution in [2.24, 2.45) is 0 Å². The van der Waals surface area contributed by atoms with Crippen molar-refractivity contribution < 1.29 is 4.39 Å². The quantitative estimate of drug-likeness (QED) is 0.658. The number of rotatable bonds is 6. The van der Waals surface area contributed by atoms with Crippen molar-refractivity contribution in [1.82, 2.24) is 4.90 Å². The molecule has 0 spiro atoms. The molecule has 1 radical (unpaired) electrons. The van der Waals surface area contributed by atoms with Gasteiger partial charge in [-0.1, -0.05) is 56.3 Å². The SMILES string of the molecule is C[C](C)CCc1ccc(F)c(C2=CCN(Cc3ccccc3)CC2)c1. The number of benzene rings is 2. The number of halogens is 1. The Balaban J connectivity index is 1.67. The molecule has 0 amide bonds. The second kappa shape index (κ2) is 8.44. The lowest BCUT2D eigenvalue weighted by molar-refractivity contribution is 0.293. The summed E-state index contributed by atoms with van der Waals surface area (Å²) in [6, 6.07) is 16.1. The summed E-state index contributed by atoms with van der Waals surface area (Å²) >= 11 is 0. The molecule has 131 valence electrons.